The van der Waals surface area contributed by atoms with Crippen LogP contribution in [0.15, 0.2) is 60.7 Å². The molecule has 5 N–H and O–H groups in total. The third kappa shape index (κ3) is 5.44. The van der Waals surface area contributed by atoms with Crippen LogP contribution in [0.25, 0.3) is 0 Å². The summed E-state index contributed by atoms with van der Waals surface area (Å²) in [6, 6.07) is 18.2. The van der Waals surface area contributed by atoms with Gasteiger partial charge in [0, 0.05) is 13.0 Å². The van der Waals surface area contributed by atoms with Crippen molar-refractivity contribution in [1.29, 1.82) is 0 Å². The van der Waals surface area contributed by atoms with E-state index >= 15 is 0 Å². The third-order valence-corrected chi connectivity index (χ3v) is 3.29. The van der Waals surface area contributed by atoms with E-state index in [0.29, 0.717) is 13.0 Å². The summed E-state index contributed by atoms with van der Waals surface area (Å²) in [4.78, 5) is 19.1. The van der Waals surface area contributed by atoms with Crippen molar-refractivity contribution in [2.24, 2.45) is 5.73 Å². The van der Waals surface area contributed by atoms with E-state index < -0.39 is 11.6 Å². The van der Waals surface area contributed by atoms with Crippen molar-refractivity contribution in [2.75, 3.05) is 6.54 Å². The van der Waals surface area contributed by atoms with Crippen LogP contribution in [0.4, 0.5) is 4.79 Å². The Kier molecular flexibility index (Phi) is 7.29. The number of amides is 2. The number of carboxylic acid groups (broad SMARTS) is 1. The highest BCUT2D eigenvalue weighted by Gasteiger charge is 2.30. The van der Waals surface area contributed by atoms with Gasteiger partial charge in [-0.3, -0.25) is 4.79 Å². The molecule has 0 heterocycles. The van der Waals surface area contributed by atoms with Crippen molar-refractivity contribution in [2.45, 2.75) is 12.0 Å². The predicted molar refractivity (Wildman–Crippen MR) is 86.8 cm³/mol. The molecule has 122 valence electrons. The van der Waals surface area contributed by atoms with Gasteiger partial charge in [-0.1, -0.05) is 60.7 Å². The van der Waals surface area contributed by atoms with Gasteiger partial charge in [0.05, 0.1) is 0 Å². The van der Waals surface area contributed by atoms with Gasteiger partial charge in [0.15, 0.2) is 0 Å². The minimum absolute atomic E-state index is 0.250. The molecule has 23 heavy (non-hydrogen) atoms. The maximum Gasteiger partial charge on any atom is 0.312 e. The zero-order valence-corrected chi connectivity index (χ0v) is 12.6. The first kappa shape index (κ1) is 18.2. The van der Waals surface area contributed by atoms with Gasteiger partial charge in [0.1, 0.15) is 5.60 Å². The van der Waals surface area contributed by atoms with E-state index in [1.54, 1.807) is 0 Å². The molecule has 0 aliphatic rings. The van der Waals surface area contributed by atoms with Crippen LogP contribution >= 0.6 is 0 Å². The SMILES string of the molecule is NC(=O)NCCC(O)(c1ccccc1)c1ccccc1.O=CO. The van der Waals surface area contributed by atoms with E-state index in [9.17, 15) is 9.90 Å². The van der Waals surface area contributed by atoms with Crippen LogP contribution in [0.3, 0.4) is 0 Å². The normalized spacial score (nSPS) is 10.1. The Morgan fingerprint density at radius 3 is 1.78 bits per heavy atom. The topological polar surface area (TPSA) is 113 Å². The zero-order valence-electron chi connectivity index (χ0n) is 12.6. The van der Waals surface area contributed by atoms with Crippen LogP contribution in [0.1, 0.15) is 17.5 Å². The molecule has 0 aromatic heterocycles. The maximum atomic E-state index is 11.1. The van der Waals surface area contributed by atoms with Gasteiger partial charge in [-0.05, 0) is 11.1 Å². The summed E-state index contributed by atoms with van der Waals surface area (Å²) in [6.07, 6.45) is 0.351. The number of benzene rings is 2. The van der Waals surface area contributed by atoms with Crippen molar-refractivity contribution < 1.29 is 19.8 Å². The smallest absolute Gasteiger partial charge is 0.312 e. The molecule has 0 radical (unpaired) electrons. The highest BCUT2D eigenvalue weighted by atomic mass is 16.3. The molecule has 0 saturated heterocycles. The average Bonchev–Trinajstić information content (AvgIpc) is 2.57. The Morgan fingerprint density at radius 1 is 1.04 bits per heavy atom. The predicted octanol–water partition coefficient (Wildman–Crippen LogP) is 1.68. The zero-order chi connectivity index (χ0) is 17.1. The molecule has 0 aliphatic heterocycles. The molecule has 2 aromatic rings. The average molecular weight is 316 g/mol. The molecule has 2 aromatic carbocycles. The quantitative estimate of drug-likeness (QED) is 0.629. The summed E-state index contributed by atoms with van der Waals surface area (Å²) < 4.78 is 0. The van der Waals surface area contributed by atoms with Crippen LogP contribution in [0.5, 0.6) is 0 Å². The number of nitrogens with one attached hydrogen (secondary N) is 1. The molecule has 0 aliphatic carbocycles. The number of urea groups is 1. The first-order chi connectivity index (χ1) is 11.0. The van der Waals surface area contributed by atoms with Gasteiger partial charge < -0.3 is 21.3 Å². The molecule has 0 unspecified atom stereocenters. The maximum absolute atomic E-state index is 11.1. The molecule has 0 fully saturated rings. The van der Waals surface area contributed by atoms with Crippen molar-refractivity contribution >= 4 is 12.5 Å². The Hall–Kier alpha value is -2.86. The molecule has 0 saturated carbocycles. The number of aliphatic hydroxyl groups is 1. The molecule has 0 spiro atoms. The summed E-state index contributed by atoms with van der Waals surface area (Å²) in [5, 5.41) is 20.5. The molecule has 6 heteroatoms. The molecule has 2 amide bonds. The number of hydrogen-bond acceptors (Lipinski definition) is 3. The van der Waals surface area contributed by atoms with Crippen LogP contribution in [0, 0.1) is 0 Å². The second-order valence-electron chi connectivity index (χ2n) is 4.74. The van der Waals surface area contributed by atoms with Gasteiger partial charge in [-0.15, -0.1) is 0 Å². The Balaban J connectivity index is 0.000000816. The standard InChI is InChI=1S/C16H18N2O2.CH2O2/c17-15(19)18-12-11-16(20,13-7-3-1-4-8-13)14-9-5-2-6-10-14;2-1-3/h1-10,20H,11-12H2,(H3,17,18,19);1H,(H,2,3). The fraction of sp³-hybridized carbons (Fsp3) is 0.176. The highest BCUT2D eigenvalue weighted by molar-refractivity contribution is 5.71. The summed E-state index contributed by atoms with van der Waals surface area (Å²) >= 11 is 0. The number of carbonyl (C=O) groups is 2. The lowest BCUT2D eigenvalue weighted by atomic mass is 9.83. The van der Waals surface area contributed by atoms with E-state index in [-0.39, 0.29) is 6.47 Å². The second kappa shape index (κ2) is 9.22. The second-order valence-corrected chi connectivity index (χ2v) is 4.74. The molecule has 0 bridgehead atoms. The Morgan fingerprint density at radius 2 is 1.43 bits per heavy atom. The summed E-state index contributed by atoms with van der Waals surface area (Å²) in [6.45, 7) is 0.0512. The molecule has 6 nitrogen and oxygen atoms in total. The molecular weight excluding hydrogens is 296 g/mol. The monoisotopic (exact) mass is 316 g/mol. The van der Waals surface area contributed by atoms with Gasteiger partial charge in [-0.25, -0.2) is 4.79 Å². The van der Waals surface area contributed by atoms with Crippen molar-refractivity contribution in [3.05, 3.63) is 71.8 Å². The number of carbonyl (C=O) groups excluding carboxylic acids is 1. The van der Waals surface area contributed by atoms with E-state index in [4.69, 9.17) is 15.6 Å². The van der Waals surface area contributed by atoms with Gasteiger partial charge in [0.2, 0.25) is 0 Å². The summed E-state index contributed by atoms with van der Waals surface area (Å²) in [5.74, 6) is 0. The summed E-state index contributed by atoms with van der Waals surface area (Å²) in [7, 11) is 0. The van der Waals surface area contributed by atoms with E-state index in [1.807, 2.05) is 60.7 Å². The number of hydrogen-bond donors (Lipinski definition) is 4. The van der Waals surface area contributed by atoms with Crippen LogP contribution in [0.2, 0.25) is 0 Å². The highest BCUT2D eigenvalue weighted by Crippen LogP contribution is 2.32. The fourth-order valence-electron chi connectivity index (χ4n) is 2.25. The third-order valence-electron chi connectivity index (χ3n) is 3.29. The van der Waals surface area contributed by atoms with Crippen molar-refractivity contribution in [3.8, 4) is 0 Å². The lowest BCUT2D eigenvalue weighted by Crippen LogP contribution is -2.36. The number of nitrogens with two attached hydrogens (primary N) is 1. The van der Waals surface area contributed by atoms with Crippen LogP contribution in [-0.2, 0) is 10.4 Å². The largest absolute Gasteiger partial charge is 0.483 e. The number of rotatable bonds is 5. The van der Waals surface area contributed by atoms with E-state index in [2.05, 4.69) is 5.32 Å². The van der Waals surface area contributed by atoms with E-state index in [1.165, 1.54) is 0 Å². The van der Waals surface area contributed by atoms with Gasteiger partial charge in [-0.2, -0.15) is 0 Å². The van der Waals surface area contributed by atoms with Crippen LogP contribution < -0.4 is 11.1 Å². The molecule has 0 atom stereocenters. The lowest BCUT2D eigenvalue weighted by Gasteiger charge is -2.29. The summed E-state index contributed by atoms with van der Waals surface area (Å²) in [5.41, 5.74) is 5.50. The van der Waals surface area contributed by atoms with E-state index in [0.717, 1.165) is 11.1 Å². The van der Waals surface area contributed by atoms with Crippen molar-refractivity contribution in [3.63, 3.8) is 0 Å². The van der Waals surface area contributed by atoms with Crippen LogP contribution in [-0.4, -0.2) is 29.3 Å². The fourth-order valence-corrected chi connectivity index (χ4v) is 2.25. The Bertz CT molecular complexity index is 563. The minimum atomic E-state index is -1.15. The first-order valence-corrected chi connectivity index (χ1v) is 6.99. The van der Waals surface area contributed by atoms with Crippen molar-refractivity contribution in [1.82, 2.24) is 5.32 Å². The lowest BCUT2D eigenvalue weighted by molar-refractivity contribution is -0.122. The minimum Gasteiger partial charge on any atom is -0.483 e. The number of primary amides is 1. The molecule has 2 rings (SSSR count). The van der Waals surface area contributed by atoms with Gasteiger partial charge in [0.25, 0.3) is 6.47 Å². The van der Waals surface area contributed by atoms with Gasteiger partial charge >= 0.3 is 6.03 Å². The molecular formula is C17H20N2O4. The first-order valence-electron chi connectivity index (χ1n) is 6.99. The Labute approximate surface area is 134 Å².